The first-order valence-electron chi connectivity index (χ1n) is 6.58. The second-order valence-corrected chi connectivity index (χ2v) is 5.88. The Kier molecular flexibility index (Phi) is 3.48. The second kappa shape index (κ2) is 5.27. The summed E-state index contributed by atoms with van der Waals surface area (Å²) in [5, 5.41) is 3.83. The molecule has 1 aromatic carbocycles. The maximum absolute atomic E-state index is 11.5. The Bertz CT molecular complexity index is 562. The van der Waals surface area contributed by atoms with Gasteiger partial charge in [0.15, 0.2) is 0 Å². The summed E-state index contributed by atoms with van der Waals surface area (Å²) >= 11 is 1.75. The van der Waals surface area contributed by atoms with E-state index < -0.39 is 0 Å². The Balaban J connectivity index is 1.85. The third-order valence-electron chi connectivity index (χ3n) is 3.58. The molecule has 1 aliphatic heterocycles. The quantitative estimate of drug-likeness (QED) is 0.934. The molecule has 2 aromatic rings. The fraction of sp³-hybridized carbons (Fsp3) is 0.429. The van der Waals surface area contributed by atoms with Gasteiger partial charge in [-0.05, 0) is 31.5 Å². The predicted molar refractivity (Wildman–Crippen MR) is 77.2 cm³/mol. The van der Waals surface area contributed by atoms with E-state index in [4.69, 9.17) is 4.98 Å². The van der Waals surface area contributed by atoms with Gasteiger partial charge in [-0.15, -0.1) is 11.3 Å². The summed E-state index contributed by atoms with van der Waals surface area (Å²) in [5.74, 6) is 0.0769. The molecule has 1 saturated heterocycles. The van der Waals surface area contributed by atoms with Crippen molar-refractivity contribution in [3.8, 4) is 0 Å². The number of hydrogen-bond acceptors (Lipinski definition) is 4. The fourth-order valence-electron chi connectivity index (χ4n) is 2.59. The molecule has 0 bridgehead atoms. The molecule has 0 aliphatic carbocycles. The van der Waals surface area contributed by atoms with Crippen LogP contribution in [-0.2, 0) is 4.79 Å². The Morgan fingerprint density at radius 1 is 1.53 bits per heavy atom. The molecule has 19 heavy (non-hydrogen) atoms. The van der Waals surface area contributed by atoms with Crippen LogP contribution in [0.25, 0.3) is 10.2 Å². The zero-order valence-electron chi connectivity index (χ0n) is 10.9. The number of para-hydroxylation sites is 1. The smallest absolute Gasteiger partial charge is 0.233 e. The van der Waals surface area contributed by atoms with Gasteiger partial charge in [0.05, 0.1) is 22.8 Å². The first kappa shape index (κ1) is 12.6. The summed E-state index contributed by atoms with van der Waals surface area (Å²) in [4.78, 5) is 18.5. The lowest BCUT2D eigenvalue weighted by atomic mass is 10.2. The monoisotopic (exact) mass is 275 g/mol. The highest BCUT2D eigenvalue weighted by molar-refractivity contribution is 7.18. The molecular weight excluding hydrogens is 258 g/mol. The third kappa shape index (κ3) is 2.48. The van der Waals surface area contributed by atoms with Gasteiger partial charge >= 0.3 is 0 Å². The first-order valence-corrected chi connectivity index (χ1v) is 7.39. The van der Waals surface area contributed by atoms with Gasteiger partial charge in [0.2, 0.25) is 5.91 Å². The van der Waals surface area contributed by atoms with Gasteiger partial charge in [-0.1, -0.05) is 12.1 Å². The van der Waals surface area contributed by atoms with Crippen molar-refractivity contribution in [2.24, 2.45) is 0 Å². The maximum Gasteiger partial charge on any atom is 0.233 e. The van der Waals surface area contributed by atoms with E-state index in [0.717, 1.165) is 29.9 Å². The molecule has 5 heteroatoms. The van der Waals surface area contributed by atoms with Crippen LogP contribution in [0.15, 0.2) is 24.3 Å². The number of hydrogen-bond donors (Lipinski definition) is 1. The summed E-state index contributed by atoms with van der Waals surface area (Å²) < 4.78 is 1.23. The molecular formula is C14H17N3OS. The number of likely N-dealkylation sites (N-methyl/N-ethyl adjacent to an activating group) is 1. The number of amides is 1. The number of thiazole rings is 1. The van der Waals surface area contributed by atoms with E-state index in [9.17, 15) is 4.79 Å². The van der Waals surface area contributed by atoms with E-state index in [1.54, 1.807) is 18.4 Å². The Morgan fingerprint density at radius 3 is 3.16 bits per heavy atom. The summed E-state index contributed by atoms with van der Waals surface area (Å²) in [6.45, 7) is 1.45. The number of benzene rings is 1. The first-order chi connectivity index (χ1) is 9.28. The van der Waals surface area contributed by atoms with E-state index in [1.165, 1.54) is 4.70 Å². The van der Waals surface area contributed by atoms with Crippen molar-refractivity contribution in [3.63, 3.8) is 0 Å². The number of fused-ring (bicyclic) bond motifs is 1. The molecule has 1 fully saturated rings. The van der Waals surface area contributed by atoms with Crippen molar-refractivity contribution >= 4 is 27.5 Å². The van der Waals surface area contributed by atoms with Gasteiger partial charge < -0.3 is 5.32 Å². The largest absolute Gasteiger partial charge is 0.358 e. The minimum absolute atomic E-state index is 0.0769. The molecule has 1 aliphatic rings. The summed E-state index contributed by atoms with van der Waals surface area (Å²) in [6, 6.07) is 8.51. The molecule has 0 radical (unpaired) electrons. The van der Waals surface area contributed by atoms with Gasteiger partial charge in [-0.3, -0.25) is 9.69 Å². The minimum atomic E-state index is 0.0769. The van der Waals surface area contributed by atoms with Crippen molar-refractivity contribution in [1.82, 2.24) is 15.2 Å². The Morgan fingerprint density at radius 2 is 2.37 bits per heavy atom. The molecule has 1 unspecified atom stereocenters. The van der Waals surface area contributed by atoms with Gasteiger partial charge in [0, 0.05) is 7.05 Å². The van der Waals surface area contributed by atoms with Crippen molar-refractivity contribution in [3.05, 3.63) is 29.3 Å². The van der Waals surface area contributed by atoms with Crippen molar-refractivity contribution in [2.75, 3.05) is 20.1 Å². The minimum Gasteiger partial charge on any atom is -0.358 e. The molecule has 1 amide bonds. The van der Waals surface area contributed by atoms with E-state index >= 15 is 0 Å². The molecule has 4 nitrogen and oxygen atoms in total. The normalized spacial score (nSPS) is 19.9. The zero-order chi connectivity index (χ0) is 13.2. The molecule has 0 spiro atoms. The van der Waals surface area contributed by atoms with Crippen LogP contribution >= 0.6 is 11.3 Å². The number of nitrogens with zero attached hydrogens (tertiary/aromatic N) is 2. The maximum atomic E-state index is 11.5. The lowest BCUT2D eigenvalue weighted by molar-refractivity contribution is -0.122. The standard InChI is InChI=1S/C14H17N3OS/c1-15-13(18)9-17-8-4-6-11(17)14-16-10-5-2-3-7-12(10)19-14/h2-3,5,7,11H,4,6,8-9H2,1H3,(H,15,18). The molecule has 1 atom stereocenters. The second-order valence-electron chi connectivity index (χ2n) is 4.82. The van der Waals surface area contributed by atoms with Crippen LogP contribution in [0.2, 0.25) is 0 Å². The molecule has 0 saturated carbocycles. The fourth-order valence-corrected chi connectivity index (χ4v) is 3.73. The third-order valence-corrected chi connectivity index (χ3v) is 4.72. The van der Waals surface area contributed by atoms with E-state index in [0.29, 0.717) is 12.6 Å². The van der Waals surface area contributed by atoms with Crippen molar-refractivity contribution in [1.29, 1.82) is 0 Å². The van der Waals surface area contributed by atoms with Crippen LogP contribution in [0.3, 0.4) is 0 Å². The molecule has 1 N–H and O–H groups in total. The number of carbonyl (C=O) groups is 1. The van der Waals surface area contributed by atoms with Crippen LogP contribution in [0.4, 0.5) is 0 Å². The van der Waals surface area contributed by atoms with Crippen LogP contribution in [-0.4, -0.2) is 35.9 Å². The van der Waals surface area contributed by atoms with Crippen LogP contribution in [0, 0.1) is 0 Å². The highest BCUT2D eigenvalue weighted by Gasteiger charge is 2.29. The number of nitrogens with one attached hydrogen (secondary N) is 1. The molecule has 100 valence electrons. The lowest BCUT2D eigenvalue weighted by Gasteiger charge is -2.21. The van der Waals surface area contributed by atoms with E-state index in [2.05, 4.69) is 16.3 Å². The van der Waals surface area contributed by atoms with E-state index in [1.807, 2.05) is 18.2 Å². The van der Waals surface area contributed by atoms with E-state index in [-0.39, 0.29) is 5.91 Å². The van der Waals surface area contributed by atoms with Crippen LogP contribution in [0.1, 0.15) is 23.9 Å². The highest BCUT2D eigenvalue weighted by atomic mass is 32.1. The summed E-state index contributed by atoms with van der Waals surface area (Å²) in [7, 11) is 1.69. The van der Waals surface area contributed by atoms with Crippen molar-refractivity contribution in [2.45, 2.75) is 18.9 Å². The van der Waals surface area contributed by atoms with Gasteiger partial charge in [0.25, 0.3) is 0 Å². The Labute approximate surface area is 116 Å². The van der Waals surface area contributed by atoms with Gasteiger partial charge in [0.1, 0.15) is 5.01 Å². The lowest BCUT2D eigenvalue weighted by Crippen LogP contribution is -2.35. The van der Waals surface area contributed by atoms with Crippen LogP contribution < -0.4 is 5.32 Å². The highest BCUT2D eigenvalue weighted by Crippen LogP contribution is 2.35. The Hall–Kier alpha value is -1.46. The topological polar surface area (TPSA) is 45.2 Å². The number of rotatable bonds is 3. The number of likely N-dealkylation sites (tertiary alicyclic amines) is 1. The summed E-state index contributed by atoms with van der Waals surface area (Å²) in [5.41, 5.74) is 1.06. The summed E-state index contributed by atoms with van der Waals surface area (Å²) in [6.07, 6.45) is 2.23. The van der Waals surface area contributed by atoms with Crippen LogP contribution in [0.5, 0.6) is 0 Å². The predicted octanol–water partition coefficient (Wildman–Crippen LogP) is 2.18. The van der Waals surface area contributed by atoms with Crippen molar-refractivity contribution < 1.29 is 4.79 Å². The zero-order valence-corrected chi connectivity index (χ0v) is 11.7. The van der Waals surface area contributed by atoms with Gasteiger partial charge in [-0.25, -0.2) is 4.98 Å². The average Bonchev–Trinajstić information content (AvgIpc) is 3.03. The molecule has 1 aromatic heterocycles. The SMILES string of the molecule is CNC(=O)CN1CCCC1c1nc2ccccc2s1. The average molecular weight is 275 g/mol. The number of aromatic nitrogens is 1. The molecule has 2 heterocycles. The molecule has 3 rings (SSSR count). The van der Waals surface area contributed by atoms with Gasteiger partial charge in [-0.2, -0.15) is 0 Å². The number of carbonyl (C=O) groups excluding carboxylic acids is 1.